The Kier molecular flexibility index (Phi) is 5.34. The van der Waals surface area contributed by atoms with E-state index in [4.69, 9.17) is 0 Å². The van der Waals surface area contributed by atoms with Gasteiger partial charge in [-0.1, -0.05) is 22.9 Å². The summed E-state index contributed by atoms with van der Waals surface area (Å²) in [5, 5.41) is 0.956. The predicted molar refractivity (Wildman–Crippen MR) is 51.9 cm³/mol. The number of sulfone groups is 1. The van der Waals surface area contributed by atoms with Crippen molar-refractivity contribution in [1.82, 2.24) is 0 Å². The van der Waals surface area contributed by atoms with Crippen molar-refractivity contribution in [3.8, 4) is 0 Å². The quantitative estimate of drug-likeness (QED) is 0.690. The van der Waals surface area contributed by atoms with E-state index in [1.165, 1.54) is 6.26 Å². The molecule has 0 aliphatic carbocycles. The number of hydrogen-bond donors (Lipinski definition) is 0. The summed E-state index contributed by atoms with van der Waals surface area (Å²) in [7, 11) is -2.75. The highest BCUT2D eigenvalue weighted by Gasteiger charge is 2.06. The first-order valence-electron chi connectivity index (χ1n) is 3.69. The van der Waals surface area contributed by atoms with Gasteiger partial charge in [0.2, 0.25) is 0 Å². The molecule has 0 saturated heterocycles. The number of halogens is 1. The second-order valence-corrected chi connectivity index (χ2v) is 6.05. The summed E-state index contributed by atoms with van der Waals surface area (Å²) >= 11 is 3.32. The minimum atomic E-state index is -2.75. The Balaban J connectivity index is 3.54. The van der Waals surface area contributed by atoms with Crippen LogP contribution >= 0.6 is 15.9 Å². The van der Waals surface area contributed by atoms with Gasteiger partial charge in [0.05, 0.1) is 5.75 Å². The molecule has 0 saturated carbocycles. The van der Waals surface area contributed by atoms with Crippen LogP contribution in [0.15, 0.2) is 0 Å². The SMILES string of the molecule is CC(CCBr)CCS(C)(=O)=O. The van der Waals surface area contributed by atoms with Gasteiger partial charge >= 0.3 is 0 Å². The minimum absolute atomic E-state index is 0.321. The zero-order chi connectivity index (χ0) is 8.91. The molecule has 0 fully saturated rings. The molecule has 0 aliphatic rings. The average molecular weight is 243 g/mol. The van der Waals surface area contributed by atoms with Crippen molar-refractivity contribution in [3.05, 3.63) is 0 Å². The van der Waals surface area contributed by atoms with Crippen molar-refractivity contribution >= 4 is 25.8 Å². The second-order valence-electron chi connectivity index (χ2n) is 3.00. The molecule has 2 nitrogen and oxygen atoms in total. The highest BCUT2D eigenvalue weighted by Crippen LogP contribution is 2.09. The van der Waals surface area contributed by atoms with E-state index in [0.717, 1.165) is 18.2 Å². The average Bonchev–Trinajstić information content (AvgIpc) is 1.83. The van der Waals surface area contributed by atoms with Crippen LogP contribution in [0.3, 0.4) is 0 Å². The van der Waals surface area contributed by atoms with E-state index in [-0.39, 0.29) is 0 Å². The van der Waals surface area contributed by atoms with Crippen molar-refractivity contribution in [3.63, 3.8) is 0 Å². The van der Waals surface area contributed by atoms with Gasteiger partial charge in [-0.3, -0.25) is 0 Å². The smallest absolute Gasteiger partial charge is 0.147 e. The van der Waals surface area contributed by atoms with Crippen LogP contribution in [-0.4, -0.2) is 25.8 Å². The van der Waals surface area contributed by atoms with E-state index in [1.54, 1.807) is 0 Å². The molecule has 4 heteroatoms. The maximum Gasteiger partial charge on any atom is 0.147 e. The van der Waals surface area contributed by atoms with Crippen LogP contribution in [0.5, 0.6) is 0 Å². The van der Waals surface area contributed by atoms with Gasteiger partial charge in [0, 0.05) is 11.6 Å². The van der Waals surface area contributed by atoms with Gasteiger partial charge < -0.3 is 0 Å². The molecule has 68 valence electrons. The highest BCUT2D eigenvalue weighted by atomic mass is 79.9. The molecule has 0 bridgehead atoms. The molecular formula is C7H15BrO2S. The van der Waals surface area contributed by atoms with E-state index in [2.05, 4.69) is 22.9 Å². The van der Waals surface area contributed by atoms with E-state index >= 15 is 0 Å². The maximum absolute atomic E-state index is 10.7. The summed E-state index contributed by atoms with van der Waals surface area (Å²) in [5.74, 6) is 0.824. The van der Waals surface area contributed by atoms with E-state index < -0.39 is 9.84 Å². The summed E-state index contributed by atoms with van der Waals surface area (Å²) in [6.07, 6.45) is 3.12. The second kappa shape index (κ2) is 5.14. The van der Waals surface area contributed by atoms with Gasteiger partial charge in [-0.15, -0.1) is 0 Å². The molecule has 0 radical (unpaired) electrons. The number of alkyl halides is 1. The molecule has 0 amide bonds. The standard InChI is InChI=1S/C7H15BrO2S/c1-7(3-5-8)4-6-11(2,9)10/h7H,3-6H2,1-2H3. The third-order valence-electron chi connectivity index (χ3n) is 1.58. The van der Waals surface area contributed by atoms with Crippen molar-refractivity contribution in [2.45, 2.75) is 19.8 Å². The van der Waals surface area contributed by atoms with Crippen LogP contribution < -0.4 is 0 Å². The van der Waals surface area contributed by atoms with Crippen molar-refractivity contribution < 1.29 is 8.42 Å². The van der Waals surface area contributed by atoms with Crippen LogP contribution in [0.25, 0.3) is 0 Å². The van der Waals surface area contributed by atoms with E-state index in [1.807, 2.05) is 0 Å². The minimum Gasteiger partial charge on any atom is -0.229 e. The molecule has 0 aromatic carbocycles. The summed E-state index contributed by atoms with van der Waals surface area (Å²) in [6, 6.07) is 0. The van der Waals surface area contributed by atoms with Crippen LogP contribution in [0.1, 0.15) is 19.8 Å². The first-order valence-corrected chi connectivity index (χ1v) is 6.87. The molecule has 0 heterocycles. The molecule has 1 unspecified atom stereocenters. The largest absolute Gasteiger partial charge is 0.229 e. The molecular weight excluding hydrogens is 228 g/mol. The molecule has 0 aromatic rings. The summed E-state index contributed by atoms with van der Waals surface area (Å²) in [5.41, 5.74) is 0. The zero-order valence-electron chi connectivity index (χ0n) is 7.01. The summed E-state index contributed by atoms with van der Waals surface area (Å²) < 4.78 is 21.5. The molecule has 0 spiro atoms. The molecule has 1 atom stereocenters. The Morgan fingerprint density at radius 3 is 2.27 bits per heavy atom. The van der Waals surface area contributed by atoms with Gasteiger partial charge in [-0.05, 0) is 18.8 Å². The van der Waals surface area contributed by atoms with Crippen molar-refractivity contribution in [1.29, 1.82) is 0 Å². The lowest BCUT2D eigenvalue weighted by molar-refractivity contribution is 0.538. The Hall–Kier alpha value is 0.430. The van der Waals surface area contributed by atoms with Gasteiger partial charge in [0.15, 0.2) is 0 Å². The van der Waals surface area contributed by atoms with Gasteiger partial charge in [-0.25, -0.2) is 8.42 Å². The summed E-state index contributed by atoms with van der Waals surface area (Å²) in [6.45, 7) is 2.08. The fourth-order valence-electron chi connectivity index (χ4n) is 0.746. The Morgan fingerprint density at radius 1 is 1.36 bits per heavy atom. The van der Waals surface area contributed by atoms with Crippen LogP contribution in [-0.2, 0) is 9.84 Å². The maximum atomic E-state index is 10.7. The topological polar surface area (TPSA) is 34.1 Å². The third-order valence-corrected chi connectivity index (χ3v) is 3.02. The van der Waals surface area contributed by atoms with Crippen LogP contribution in [0, 0.1) is 5.92 Å². The fraction of sp³-hybridized carbons (Fsp3) is 1.00. The third kappa shape index (κ3) is 8.34. The Labute approximate surface area is 77.4 Å². The van der Waals surface area contributed by atoms with Gasteiger partial charge in [-0.2, -0.15) is 0 Å². The lowest BCUT2D eigenvalue weighted by Gasteiger charge is -2.06. The predicted octanol–water partition coefficient (Wildman–Crippen LogP) is 1.84. The lowest BCUT2D eigenvalue weighted by atomic mass is 10.1. The highest BCUT2D eigenvalue weighted by molar-refractivity contribution is 9.09. The zero-order valence-corrected chi connectivity index (χ0v) is 9.41. The van der Waals surface area contributed by atoms with Gasteiger partial charge in [0.1, 0.15) is 9.84 Å². The monoisotopic (exact) mass is 242 g/mol. The van der Waals surface area contributed by atoms with E-state index in [9.17, 15) is 8.42 Å². The number of hydrogen-bond acceptors (Lipinski definition) is 2. The van der Waals surface area contributed by atoms with E-state index in [0.29, 0.717) is 11.7 Å². The Morgan fingerprint density at radius 2 is 1.91 bits per heavy atom. The normalized spacial score (nSPS) is 14.8. The summed E-state index contributed by atoms with van der Waals surface area (Å²) in [4.78, 5) is 0. The lowest BCUT2D eigenvalue weighted by Crippen LogP contribution is -2.07. The molecule has 0 rings (SSSR count). The molecule has 0 aromatic heterocycles. The molecule has 11 heavy (non-hydrogen) atoms. The van der Waals surface area contributed by atoms with Crippen LogP contribution in [0.2, 0.25) is 0 Å². The Bertz CT molecular complexity index is 187. The molecule has 0 N–H and O–H groups in total. The fourth-order valence-corrected chi connectivity index (χ4v) is 2.36. The first kappa shape index (κ1) is 11.4. The first-order chi connectivity index (χ1) is 4.95. The van der Waals surface area contributed by atoms with Crippen LogP contribution in [0.4, 0.5) is 0 Å². The molecule has 0 aliphatic heterocycles. The number of rotatable bonds is 5. The van der Waals surface area contributed by atoms with Crippen molar-refractivity contribution in [2.24, 2.45) is 5.92 Å². The van der Waals surface area contributed by atoms with Crippen molar-refractivity contribution in [2.75, 3.05) is 17.3 Å². The van der Waals surface area contributed by atoms with Gasteiger partial charge in [0.25, 0.3) is 0 Å².